The second kappa shape index (κ2) is 41.3. The van der Waals surface area contributed by atoms with Gasteiger partial charge < -0.3 is 20.9 Å². The van der Waals surface area contributed by atoms with Crippen molar-refractivity contribution in [1.82, 2.24) is 5.32 Å². The second-order valence-electron chi connectivity index (χ2n) is 15.8. The molecular weight excluding hydrogens is 661 g/mol. The Hall–Kier alpha value is -1.89. The van der Waals surface area contributed by atoms with E-state index in [0.717, 1.165) is 64.2 Å². The van der Waals surface area contributed by atoms with Crippen LogP contribution in [0.15, 0.2) is 12.2 Å². The van der Waals surface area contributed by atoms with E-state index >= 15 is 0 Å². The number of carbonyl (C=O) groups excluding carboxylic acids is 2. The molecule has 4 N–H and O–H groups in total. The highest BCUT2D eigenvalue weighted by Gasteiger charge is 2.19. The van der Waals surface area contributed by atoms with Gasteiger partial charge in [0.15, 0.2) is 0 Å². The minimum atomic E-state index is -1.00. The van der Waals surface area contributed by atoms with Crippen molar-refractivity contribution < 1.29 is 24.2 Å². The lowest BCUT2D eigenvalue weighted by molar-refractivity contribution is -0.150. The Kier molecular flexibility index (Phi) is 39.8. The number of amides is 1. The summed E-state index contributed by atoms with van der Waals surface area (Å²) in [4.78, 5) is 36.4. The molecule has 0 rings (SSSR count). The number of hydrogen-bond acceptors (Lipinski definition) is 5. The van der Waals surface area contributed by atoms with Crippen molar-refractivity contribution in [3.05, 3.63) is 12.2 Å². The largest absolute Gasteiger partial charge is 0.480 e. The standard InChI is InChI=1S/C46H88N2O5/c1-3-5-7-9-11-13-15-17-18-19-20-22-24-27-31-36-42(53-45(50)40-34-30-25-23-21-16-14-12-10-8-6-4-2)37-32-28-26-29-33-39-44(49)48-43(46(51)52)38-35-41-47/h12,14,42-43H,3-11,13,15-41,47H2,1-2H3,(H,48,49)(H,51,52)/b14-12-. The zero-order valence-corrected chi connectivity index (χ0v) is 35.1. The Labute approximate surface area is 328 Å². The smallest absolute Gasteiger partial charge is 0.326 e. The molecule has 0 bridgehead atoms. The number of esters is 1. The van der Waals surface area contributed by atoms with Gasteiger partial charge in [0.25, 0.3) is 0 Å². The van der Waals surface area contributed by atoms with Crippen LogP contribution in [0.1, 0.15) is 245 Å². The molecule has 0 spiro atoms. The second-order valence-corrected chi connectivity index (χ2v) is 15.8. The molecule has 7 heteroatoms. The molecular formula is C46H88N2O5. The third-order valence-electron chi connectivity index (χ3n) is 10.6. The van der Waals surface area contributed by atoms with Gasteiger partial charge >= 0.3 is 11.9 Å². The first-order valence-corrected chi connectivity index (χ1v) is 23.0. The number of rotatable bonds is 42. The van der Waals surface area contributed by atoms with E-state index in [1.54, 1.807) is 0 Å². The fourth-order valence-electron chi connectivity index (χ4n) is 7.09. The molecule has 0 aliphatic rings. The van der Waals surface area contributed by atoms with Crippen molar-refractivity contribution in [2.45, 2.75) is 257 Å². The quantitative estimate of drug-likeness (QED) is 0.0325. The summed E-state index contributed by atoms with van der Waals surface area (Å²) in [5.41, 5.74) is 5.49. The molecule has 0 saturated heterocycles. The Morgan fingerprint density at radius 1 is 0.528 bits per heavy atom. The lowest BCUT2D eigenvalue weighted by atomic mass is 10.0. The van der Waals surface area contributed by atoms with Crippen molar-refractivity contribution in [2.75, 3.05) is 6.54 Å². The van der Waals surface area contributed by atoms with Crippen molar-refractivity contribution >= 4 is 17.8 Å². The van der Waals surface area contributed by atoms with Crippen LogP contribution in [0.3, 0.4) is 0 Å². The average molecular weight is 749 g/mol. The van der Waals surface area contributed by atoms with Gasteiger partial charge in [-0.2, -0.15) is 0 Å². The SMILES string of the molecule is CCCCC/C=C\CCCCCCCC(=O)OC(CCCCCCCCCCCCCCCCC)CCCCCCCC(=O)NC(CCCN)C(=O)O. The van der Waals surface area contributed by atoms with Crippen LogP contribution in [0.25, 0.3) is 0 Å². The fraction of sp³-hybridized carbons (Fsp3) is 0.891. The normalized spacial score (nSPS) is 12.7. The molecule has 0 heterocycles. The van der Waals surface area contributed by atoms with Gasteiger partial charge in [0.1, 0.15) is 12.1 Å². The van der Waals surface area contributed by atoms with Gasteiger partial charge in [-0.15, -0.1) is 0 Å². The minimum absolute atomic E-state index is 0.0147. The summed E-state index contributed by atoms with van der Waals surface area (Å²) in [7, 11) is 0. The summed E-state index contributed by atoms with van der Waals surface area (Å²) in [5, 5.41) is 11.9. The van der Waals surface area contributed by atoms with Crippen molar-refractivity contribution in [3.63, 3.8) is 0 Å². The van der Waals surface area contributed by atoms with E-state index in [-0.39, 0.29) is 18.0 Å². The van der Waals surface area contributed by atoms with E-state index in [9.17, 15) is 19.5 Å². The molecule has 0 aromatic carbocycles. The summed E-state index contributed by atoms with van der Waals surface area (Å²) in [6, 6.07) is -0.854. The Balaban J connectivity index is 4.31. The topological polar surface area (TPSA) is 119 Å². The van der Waals surface area contributed by atoms with Gasteiger partial charge in [-0.25, -0.2) is 4.79 Å². The maximum absolute atomic E-state index is 12.8. The van der Waals surface area contributed by atoms with Crippen LogP contribution in [0.4, 0.5) is 0 Å². The summed E-state index contributed by atoms with van der Waals surface area (Å²) in [6.45, 7) is 4.94. The molecule has 0 aromatic heterocycles. The number of carboxylic acids is 1. The van der Waals surface area contributed by atoms with Crippen LogP contribution in [-0.4, -0.2) is 41.6 Å². The number of aliphatic carboxylic acids is 1. The minimum Gasteiger partial charge on any atom is -0.480 e. The van der Waals surface area contributed by atoms with Gasteiger partial charge in [0, 0.05) is 12.8 Å². The summed E-state index contributed by atoms with van der Waals surface area (Å²) >= 11 is 0. The number of allylic oxidation sites excluding steroid dienone is 2. The molecule has 53 heavy (non-hydrogen) atoms. The number of hydrogen-bond donors (Lipinski definition) is 3. The number of nitrogens with two attached hydrogens (primary N) is 1. The van der Waals surface area contributed by atoms with Gasteiger partial charge in [0.05, 0.1) is 0 Å². The third kappa shape index (κ3) is 38.2. The van der Waals surface area contributed by atoms with Gasteiger partial charge in [-0.3, -0.25) is 9.59 Å². The number of ether oxygens (including phenoxy) is 1. The van der Waals surface area contributed by atoms with Crippen molar-refractivity contribution in [3.8, 4) is 0 Å². The van der Waals surface area contributed by atoms with Crippen LogP contribution < -0.4 is 11.1 Å². The summed E-state index contributed by atoms with van der Waals surface area (Å²) in [5.74, 6) is -1.23. The predicted octanol–water partition coefficient (Wildman–Crippen LogP) is 13.1. The first-order valence-electron chi connectivity index (χ1n) is 23.0. The summed E-state index contributed by atoms with van der Waals surface area (Å²) in [6.07, 6.45) is 45.4. The van der Waals surface area contributed by atoms with Crippen LogP contribution in [-0.2, 0) is 19.1 Å². The van der Waals surface area contributed by atoms with E-state index in [2.05, 4.69) is 31.3 Å². The van der Waals surface area contributed by atoms with Crippen molar-refractivity contribution in [1.29, 1.82) is 0 Å². The van der Waals surface area contributed by atoms with E-state index in [0.29, 0.717) is 32.2 Å². The van der Waals surface area contributed by atoms with Gasteiger partial charge in [0.2, 0.25) is 5.91 Å². The number of carboxylic acid groups (broad SMARTS) is 1. The molecule has 0 radical (unpaired) electrons. The highest BCUT2D eigenvalue weighted by molar-refractivity contribution is 5.83. The molecule has 0 aliphatic heterocycles. The number of carbonyl (C=O) groups is 3. The average Bonchev–Trinajstić information content (AvgIpc) is 3.14. The molecule has 0 aliphatic carbocycles. The molecule has 1 amide bonds. The van der Waals surface area contributed by atoms with E-state index in [1.165, 1.54) is 141 Å². The Bertz CT molecular complexity index is 848. The summed E-state index contributed by atoms with van der Waals surface area (Å²) < 4.78 is 6.06. The van der Waals surface area contributed by atoms with Crippen LogP contribution in [0.5, 0.6) is 0 Å². The fourth-order valence-corrected chi connectivity index (χ4v) is 7.09. The number of unbranched alkanes of at least 4 members (excludes halogenated alkanes) is 26. The first-order chi connectivity index (χ1) is 25.9. The Morgan fingerprint density at radius 3 is 1.40 bits per heavy atom. The van der Waals surface area contributed by atoms with E-state index in [4.69, 9.17) is 10.5 Å². The Morgan fingerprint density at radius 2 is 0.925 bits per heavy atom. The lowest BCUT2D eigenvalue weighted by Gasteiger charge is -2.18. The maximum atomic E-state index is 12.8. The van der Waals surface area contributed by atoms with Crippen LogP contribution in [0, 0.1) is 0 Å². The van der Waals surface area contributed by atoms with Crippen LogP contribution >= 0.6 is 0 Å². The zero-order chi connectivity index (χ0) is 38.9. The molecule has 312 valence electrons. The van der Waals surface area contributed by atoms with Gasteiger partial charge in [-0.1, -0.05) is 167 Å². The highest BCUT2D eigenvalue weighted by atomic mass is 16.5. The lowest BCUT2D eigenvalue weighted by Crippen LogP contribution is -2.40. The zero-order valence-electron chi connectivity index (χ0n) is 35.1. The molecule has 2 atom stereocenters. The highest BCUT2D eigenvalue weighted by Crippen LogP contribution is 2.19. The van der Waals surface area contributed by atoms with Gasteiger partial charge in [-0.05, 0) is 83.6 Å². The molecule has 7 nitrogen and oxygen atoms in total. The monoisotopic (exact) mass is 749 g/mol. The molecule has 0 saturated carbocycles. The predicted molar refractivity (Wildman–Crippen MR) is 225 cm³/mol. The van der Waals surface area contributed by atoms with E-state index in [1.807, 2.05) is 0 Å². The first kappa shape index (κ1) is 51.1. The molecule has 0 aromatic rings. The number of nitrogens with one attached hydrogen (secondary N) is 1. The maximum Gasteiger partial charge on any atom is 0.326 e. The third-order valence-corrected chi connectivity index (χ3v) is 10.6. The van der Waals surface area contributed by atoms with E-state index < -0.39 is 12.0 Å². The molecule has 0 fully saturated rings. The van der Waals surface area contributed by atoms with Crippen molar-refractivity contribution in [2.24, 2.45) is 5.73 Å². The van der Waals surface area contributed by atoms with Crippen LogP contribution in [0.2, 0.25) is 0 Å². The molecule has 2 unspecified atom stereocenters.